The number of fused-ring (bicyclic) bond motifs is 1. The molecule has 7 nitrogen and oxygen atoms in total. The number of aryl methyl sites for hydroxylation is 2. The molecule has 0 spiro atoms. The maximum atomic E-state index is 13.0. The molecule has 0 N–H and O–H groups in total. The smallest absolute Gasteiger partial charge is 0.277 e. The molecule has 3 heterocycles. The second-order valence-electron chi connectivity index (χ2n) is 7.33. The standard InChI is InChI=1S/C23H19N5O2/c1-15-3-7-17(8-4-15)19-13-20-23(29)27(11-12-28(20)25-19)14-21-24-22(26-30-21)18-9-5-16(2)6-10-18/h3-13H,14H2,1-2H3. The van der Waals surface area contributed by atoms with Crippen LogP contribution in [0.1, 0.15) is 17.0 Å². The van der Waals surface area contributed by atoms with Crippen LogP contribution >= 0.6 is 0 Å². The maximum Gasteiger partial charge on any atom is 0.277 e. The normalized spacial score (nSPS) is 11.3. The van der Waals surface area contributed by atoms with Crippen molar-refractivity contribution < 1.29 is 4.52 Å². The molecular weight excluding hydrogens is 378 g/mol. The van der Waals surface area contributed by atoms with E-state index in [4.69, 9.17) is 4.52 Å². The molecule has 0 saturated carbocycles. The van der Waals surface area contributed by atoms with Gasteiger partial charge in [0.15, 0.2) is 0 Å². The first kappa shape index (κ1) is 18.1. The van der Waals surface area contributed by atoms with Gasteiger partial charge in [0, 0.05) is 23.5 Å². The summed E-state index contributed by atoms with van der Waals surface area (Å²) in [5.74, 6) is 0.875. The zero-order valence-corrected chi connectivity index (χ0v) is 16.6. The number of hydrogen-bond donors (Lipinski definition) is 0. The summed E-state index contributed by atoms with van der Waals surface area (Å²) < 4.78 is 8.50. The van der Waals surface area contributed by atoms with Gasteiger partial charge in [-0.15, -0.1) is 0 Å². The highest BCUT2D eigenvalue weighted by Gasteiger charge is 2.13. The fraction of sp³-hybridized carbons (Fsp3) is 0.130. The van der Waals surface area contributed by atoms with Crippen molar-refractivity contribution >= 4 is 5.52 Å². The van der Waals surface area contributed by atoms with E-state index in [1.807, 2.05) is 62.4 Å². The number of aromatic nitrogens is 5. The lowest BCUT2D eigenvalue weighted by Crippen LogP contribution is -2.21. The molecule has 0 fully saturated rings. The molecule has 0 bridgehead atoms. The Morgan fingerprint density at radius 3 is 2.27 bits per heavy atom. The summed E-state index contributed by atoms with van der Waals surface area (Å²) in [5.41, 5.74) is 5.25. The lowest BCUT2D eigenvalue weighted by molar-refractivity contribution is 0.370. The monoisotopic (exact) mass is 397 g/mol. The van der Waals surface area contributed by atoms with Gasteiger partial charge in [-0.25, -0.2) is 4.52 Å². The molecule has 5 aromatic rings. The van der Waals surface area contributed by atoms with Crippen LogP contribution in [0.15, 0.2) is 76.3 Å². The van der Waals surface area contributed by atoms with E-state index < -0.39 is 0 Å². The molecule has 0 amide bonds. The number of hydrogen-bond acceptors (Lipinski definition) is 5. The van der Waals surface area contributed by atoms with Gasteiger partial charge in [-0.3, -0.25) is 4.79 Å². The summed E-state index contributed by atoms with van der Waals surface area (Å²) in [5, 5.41) is 8.56. The molecule has 0 unspecified atom stereocenters. The third kappa shape index (κ3) is 3.30. The maximum absolute atomic E-state index is 13.0. The second kappa shape index (κ2) is 7.11. The number of rotatable bonds is 4. The van der Waals surface area contributed by atoms with Gasteiger partial charge in [-0.05, 0) is 19.9 Å². The molecule has 30 heavy (non-hydrogen) atoms. The number of nitrogens with zero attached hydrogens (tertiary/aromatic N) is 5. The lowest BCUT2D eigenvalue weighted by atomic mass is 10.1. The van der Waals surface area contributed by atoms with Crippen LogP contribution < -0.4 is 5.56 Å². The minimum Gasteiger partial charge on any atom is -0.337 e. The zero-order valence-electron chi connectivity index (χ0n) is 16.6. The quantitative estimate of drug-likeness (QED) is 0.460. The summed E-state index contributed by atoms with van der Waals surface area (Å²) in [6.07, 6.45) is 3.43. The van der Waals surface area contributed by atoms with Crippen molar-refractivity contribution in [2.45, 2.75) is 20.4 Å². The molecular formula is C23H19N5O2. The van der Waals surface area contributed by atoms with E-state index in [9.17, 15) is 4.79 Å². The van der Waals surface area contributed by atoms with Crippen molar-refractivity contribution in [2.75, 3.05) is 0 Å². The summed E-state index contributed by atoms with van der Waals surface area (Å²) in [6.45, 7) is 4.25. The van der Waals surface area contributed by atoms with Crippen LogP contribution in [-0.4, -0.2) is 24.3 Å². The predicted molar refractivity (Wildman–Crippen MR) is 113 cm³/mol. The van der Waals surface area contributed by atoms with Crippen molar-refractivity contribution in [3.63, 3.8) is 0 Å². The van der Waals surface area contributed by atoms with Crippen molar-refractivity contribution in [1.82, 2.24) is 24.3 Å². The molecule has 0 saturated heterocycles. The SMILES string of the molecule is Cc1ccc(-c2cc3c(=O)n(Cc4nc(-c5ccc(C)cc5)no4)ccn3n2)cc1. The highest BCUT2D eigenvalue weighted by atomic mass is 16.5. The van der Waals surface area contributed by atoms with E-state index in [-0.39, 0.29) is 12.1 Å². The van der Waals surface area contributed by atoms with E-state index in [1.165, 1.54) is 5.56 Å². The van der Waals surface area contributed by atoms with E-state index in [0.717, 1.165) is 22.4 Å². The second-order valence-corrected chi connectivity index (χ2v) is 7.33. The van der Waals surface area contributed by atoms with E-state index in [1.54, 1.807) is 27.5 Å². The molecule has 148 valence electrons. The van der Waals surface area contributed by atoms with Crippen molar-refractivity contribution in [3.05, 3.63) is 94.4 Å². The van der Waals surface area contributed by atoms with Crippen molar-refractivity contribution in [2.24, 2.45) is 0 Å². The molecule has 0 aliphatic heterocycles. The third-order valence-corrected chi connectivity index (χ3v) is 5.03. The van der Waals surface area contributed by atoms with Crippen LogP contribution in [0.4, 0.5) is 0 Å². The zero-order chi connectivity index (χ0) is 20.7. The van der Waals surface area contributed by atoms with Gasteiger partial charge in [0.1, 0.15) is 12.1 Å². The Labute approximate surface area is 172 Å². The molecule has 7 heteroatoms. The minimum absolute atomic E-state index is 0.168. The van der Waals surface area contributed by atoms with Crippen molar-refractivity contribution in [1.29, 1.82) is 0 Å². The lowest BCUT2D eigenvalue weighted by Gasteiger charge is -2.02. The first-order valence-electron chi connectivity index (χ1n) is 9.62. The first-order chi connectivity index (χ1) is 14.6. The van der Waals surface area contributed by atoms with Crippen LogP contribution in [0.2, 0.25) is 0 Å². The molecule has 5 rings (SSSR count). The topological polar surface area (TPSA) is 78.2 Å². The summed E-state index contributed by atoms with van der Waals surface area (Å²) >= 11 is 0. The highest BCUT2D eigenvalue weighted by Crippen LogP contribution is 2.19. The van der Waals surface area contributed by atoms with Crippen LogP contribution in [0.5, 0.6) is 0 Å². The molecule has 3 aromatic heterocycles. The Balaban J connectivity index is 1.45. The van der Waals surface area contributed by atoms with Gasteiger partial charge in [0.05, 0.1) is 5.69 Å². The fourth-order valence-corrected chi connectivity index (χ4v) is 3.30. The largest absolute Gasteiger partial charge is 0.337 e. The first-order valence-corrected chi connectivity index (χ1v) is 9.62. The van der Waals surface area contributed by atoms with Gasteiger partial charge in [-0.1, -0.05) is 64.8 Å². The average Bonchev–Trinajstić information content (AvgIpc) is 3.39. The molecule has 0 radical (unpaired) electrons. The minimum atomic E-state index is -0.168. The van der Waals surface area contributed by atoms with E-state index in [0.29, 0.717) is 17.2 Å². The van der Waals surface area contributed by atoms with Gasteiger partial charge in [-0.2, -0.15) is 10.1 Å². The fourth-order valence-electron chi connectivity index (χ4n) is 3.30. The van der Waals surface area contributed by atoms with Gasteiger partial charge in [0.25, 0.3) is 5.56 Å². The Bertz CT molecular complexity index is 1390. The van der Waals surface area contributed by atoms with Gasteiger partial charge in [0.2, 0.25) is 11.7 Å². The summed E-state index contributed by atoms with van der Waals surface area (Å²) in [6, 6.07) is 17.7. The summed E-state index contributed by atoms with van der Waals surface area (Å²) in [7, 11) is 0. The van der Waals surface area contributed by atoms with Crippen LogP contribution in [0.3, 0.4) is 0 Å². The Kier molecular flexibility index (Phi) is 4.28. The van der Waals surface area contributed by atoms with Gasteiger partial charge < -0.3 is 9.09 Å². The Morgan fingerprint density at radius 2 is 1.57 bits per heavy atom. The van der Waals surface area contributed by atoms with Crippen LogP contribution in [0.25, 0.3) is 28.2 Å². The molecule has 0 aliphatic rings. The van der Waals surface area contributed by atoms with Gasteiger partial charge >= 0.3 is 0 Å². The third-order valence-electron chi connectivity index (χ3n) is 5.03. The van der Waals surface area contributed by atoms with E-state index in [2.05, 4.69) is 15.2 Å². The summed E-state index contributed by atoms with van der Waals surface area (Å²) in [4.78, 5) is 17.4. The van der Waals surface area contributed by atoms with Crippen LogP contribution in [0, 0.1) is 13.8 Å². The predicted octanol–water partition coefficient (Wildman–Crippen LogP) is 3.88. The Morgan fingerprint density at radius 1 is 0.900 bits per heavy atom. The molecule has 2 aromatic carbocycles. The highest BCUT2D eigenvalue weighted by molar-refractivity contribution is 5.65. The molecule has 0 atom stereocenters. The van der Waals surface area contributed by atoms with Crippen LogP contribution in [-0.2, 0) is 6.54 Å². The van der Waals surface area contributed by atoms with Crippen molar-refractivity contribution in [3.8, 4) is 22.6 Å². The molecule has 0 aliphatic carbocycles. The number of benzene rings is 2. The average molecular weight is 397 g/mol. The Hall–Kier alpha value is -4.00. The van der Waals surface area contributed by atoms with E-state index >= 15 is 0 Å².